The van der Waals surface area contributed by atoms with Crippen LogP contribution in [0.3, 0.4) is 0 Å². The zero-order valence-electron chi connectivity index (χ0n) is 55.7. The van der Waals surface area contributed by atoms with Gasteiger partial charge in [0, 0.05) is 90.8 Å². The van der Waals surface area contributed by atoms with Gasteiger partial charge < -0.3 is 62.0 Å². The quantitative estimate of drug-likeness (QED) is 0.0367. The molecule has 1 aromatic heterocycles. The van der Waals surface area contributed by atoms with Crippen molar-refractivity contribution in [3.63, 3.8) is 0 Å². The SMILES string of the molecule is COc1cc2c(cc1O)C(CC(O)C(O)CC(C1=CCNC(N)=C1)c1ccc3ccccc3c1)C#CC1(CCC(C3C4CNC5(C)CCCC5C#CCC5NC6CC(=O)C7C8c9c(c[nH]c9C4C(C5C3CCC(O)O)C68)C(Cc3ccccc3)C73CCCC3)CC1O)C(=O)CC2. The first-order valence-corrected chi connectivity index (χ1v) is 36.6. The number of aliphatic hydroxyl groups excluding tert-OH is 4. The number of carbonyl (C=O) groups is 2. The van der Waals surface area contributed by atoms with Crippen molar-refractivity contribution in [2.45, 2.75) is 201 Å². The topological polar surface area (TPSA) is 243 Å². The van der Waals surface area contributed by atoms with Crippen LogP contribution in [0.25, 0.3) is 10.8 Å². The molecule has 1 saturated heterocycles. The number of phenolic OH excluding ortho intramolecular Hbond substituents is 1. The second-order valence-electron chi connectivity index (χ2n) is 31.7. The summed E-state index contributed by atoms with van der Waals surface area (Å²) in [5.74, 6) is 15.3. The maximum atomic E-state index is 15.7. The molecule has 5 heterocycles. The number of hydrogen-bond acceptors (Lipinski definition) is 13. The number of ketones is 2. The van der Waals surface area contributed by atoms with E-state index in [1.165, 1.54) is 29.5 Å². The molecule has 14 heteroatoms. The molecule has 4 aromatic carbocycles. The van der Waals surface area contributed by atoms with E-state index in [4.69, 9.17) is 10.5 Å². The molecule has 6 fully saturated rings. The van der Waals surface area contributed by atoms with Crippen LogP contribution in [0.4, 0.5) is 0 Å². The number of dihydropyridines is 1. The van der Waals surface area contributed by atoms with Crippen LogP contribution in [0.15, 0.2) is 115 Å². The number of piperidine rings is 1. The molecule has 4 bridgehead atoms. The van der Waals surface area contributed by atoms with Gasteiger partial charge in [0.1, 0.15) is 11.2 Å². The number of ether oxygens (including phenoxy) is 1. The van der Waals surface area contributed by atoms with Gasteiger partial charge in [-0.2, -0.15) is 0 Å². The van der Waals surface area contributed by atoms with Gasteiger partial charge >= 0.3 is 0 Å². The molecular formula is C82H97N5O9. The van der Waals surface area contributed by atoms with E-state index < -0.39 is 35.9 Å². The van der Waals surface area contributed by atoms with Crippen LogP contribution in [0.2, 0.25) is 0 Å². The summed E-state index contributed by atoms with van der Waals surface area (Å²) in [4.78, 5) is 35.4. The number of allylic oxidation sites excluding steroid dienone is 2. The van der Waals surface area contributed by atoms with E-state index in [1.54, 1.807) is 12.1 Å². The molecule has 8 aliphatic carbocycles. The van der Waals surface area contributed by atoms with E-state index in [0.29, 0.717) is 68.8 Å². The zero-order valence-corrected chi connectivity index (χ0v) is 55.7. The van der Waals surface area contributed by atoms with Crippen molar-refractivity contribution >= 4 is 22.3 Å². The molecule has 0 radical (unpaired) electrons. The first kappa shape index (κ1) is 64.0. The first-order valence-electron chi connectivity index (χ1n) is 36.6. The fraction of sp³-hybridized carbons (Fsp3) is 0.561. The number of phenols is 1. The van der Waals surface area contributed by atoms with Gasteiger partial charge in [0.2, 0.25) is 0 Å². The molecule has 17 rings (SSSR count). The highest BCUT2D eigenvalue weighted by molar-refractivity contribution is 5.90. The normalized spacial score (nSPS) is 36.2. The maximum absolute atomic E-state index is 15.7. The number of aromatic nitrogens is 1. The van der Waals surface area contributed by atoms with Crippen molar-refractivity contribution in [2.24, 2.45) is 69.8 Å². The minimum atomic E-state index is -1.51. The second-order valence-corrected chi connectivity index (χ2v) is 31.7. The highest BCUT2D eigenvalue weighted by Crippen LogP contribution is 2.74. The highest BCUT2D eigenvalue weighted by atomic mass is 16.5. The van der Waals surface area contributed by atoms with Gasteiger partial charge in [-0.25, -0.2) is 0 Å². The summed E-state index contributed by atoms with van der Waals surface area (Å²) in [6.45, 7) is 3.61. The Morgan fingerprint density at radius 1 is 0.823 bits per heavy atom. The lowest BCUT2D eigenvalue weighted by Gasteiger charge is -2.68. The number of aromatic hydroxyl groups is 1. The molecule has 12 N–H and O–H groups in total. The number of aliphatic hydroxyl groups is 5. The lowest BCUT2D eigenvalue weighted by molar-refractivity contribution is -0.159. The minimum absolute atomic E-state index is 0.0152. The van der Waals surface area contributed by atoms with Gasteiger partial charge in [0.05, 0.1) is 31.2 Å². The Hall–Kier alpha value is -6.72. The Bertz CT molecular complexity index is 4020. The number of rotatable bonds is 14. The van der Waals surface area contributed by atoms with E-state index in [1.807, 2.05) is 18.2 Å². The number of methoxy groups -OCH3 is 1. The molecule has 2 spiro atoms. The third kappa shape index (κ3) is 10.7. The number of benzene rings is 4. The second kappa shape index (κ2) is 25.2. The number of nitrogens with one attached hydrogen (secondary N) is 4. The molecular weight excluding hydrogens is 1200 g/mol. The summed E-state index contributed by atoms with van der Waals surface area (Å²) in [6, 6.07) is 28.7. The third-order valence-electron chi connectivity index (χ3n) is 27.3. The summed E-state index contributed by atoms with van der Waals surface area (Å²) in [5, 5.41) is 85.9. The summed E-state index contributed by atoms with van der Waals surface area (Å²) in [7, 11) is 1.49. The van der Waals surface area contributed by atoms with Crippen LogP contribution in [0.5, 0.6) is 11.5 Å². The fourth-order valence-corrected chi connectivity index (χ4v) is 23.1. The van der Waals surface area contributed by atoms with E-state index in [2.05, 4.69) is 124 Å². The molecule has 21 atom stereocenters. The average molecular weight is 1300 g/mol. The average Bonchev–Trinajstić information content (AvgIpc) is 1.23. The van der Waals surface area contributed by atoms with Crippen molar-refractivity contribution in [3.8, 4) is 35.2 Å². The predicted molar refractivity (Wildman–Crippen MR) is 369 cm³/mol. The smallest absolute Gasteiger partial charge is 0.160 e. The van der Waals surface area contributed by atoms with Crippen LogP contribution in [0, 0.1) is 87.8 Å². The predicted octanol–water partition coefficient (Wildman–Crippen LogP) is 10.3. The summed E-state index contributed by atoms with van der Waals surface area (Å²) in [6.07, 6.45) is 13.1. The largest absolute Gasteiger partial charge is 0.504 e. The Morgan fingerprint density at radius 3 is 2.43 bits per heavy atom. The number of aryl methyl sites for hydroxylation is 1. The highest BCUT2D eigenvalue weighted by Gasteiger charge is 2.71. The molecule has 504 valence electrons. The monoisotopic (exact) mass is 1300 g/mol. The fourth-order valence-electron chi connectivity index (χ4n) is 23.1. The summed E-state index contributed by atoms with van der Waals surface area (Å²) in [5.41, 5.74) is 13.3. The number of hydrogen-bond donors (Lipinski definition) is 11. The molecule has 0 amide bonds. The molecule has 12 aliphatic rings. The summed E-state index contributed by atoms with van der Waals surface area (Å²) >= 11 is 0. The van der Waals surface area contributed by atoms with Gasteiger partial charge in [-0.3, -0.25) is 9.59 Å². The molecule has 21 unspecified atom stereocenters. The van der Waals surface area contributed by atoms with Crippen molar-refractivity contribution in [3.05, 3.63) is 154 Å². The van der Waals surface area contributed by atoms with Crippen molar-refractivity contribution in [2.75, 3.05) is 20.2 Å². The van der Waals surface area contributed by atoms with Crippen LogP contribution >= 0.6 is 0 Å². The van der Waals surface area contributed by atoms with E-state index in [0.717, 1.165) is 78.8 Å². The molecule has 14 nitrogen and oxygen atoms in total. The van der Waals surface area contributed by atoms with Crippen LogP contribution in [0.1, 0.15) is 185 Å². The van der Waals surface area contributed by atoms with E-state index >= 15 is 9.59 Å². The first-order chi connectivity index (χ1) is 46.5. The van der Waals surface area contributed by atoms with Gasteiger partial charge in [0.25, 0.3) is 0 Å². The molecule has 96 heavy (non-hydrogen) atoms. The zero-order chi connectivity index (χ0) is 65.9. The van der Waals surface area contributed by atoms with E-state index in [9.17, 15) is 30.6 Å². The lowest BCUT2D eigenvalue weighted by Crippen LogP contribution is -2.71. The Labute approximate surface area is 565 Å². The Morgan fingerprint density at radius 2 is 1.64 bits per heavy atom. The number of carbonyl (C=O) groups excluding carboxylic acids is 2. The maximum Gasteiger partial charge on any atom is 0.160 e. The minimum Gasteiger partial charge on any atom is -0.504 e. The van der Waals surface area contributed by atoms with Gasteiger partial charge in [-0.1, -0.05) is 116 Å². The van der Waals surface area contributed by atoms with Gasteiger partial charge in [-0.15, -0.1) is 5.92 Å². The van der Waals surface area contributed by atoms with Crippen molar-refractivity contribution in [1.82, 2.24) is 20.9 Å². The van der Waals surface area contributed by atoms with Crippen LogP contribution in [-0.4, -0.2) is 110 Å². The number of H-pyrrole nitrogens is 1. The number of nitrogens with two attached hydrogens (primary N) is 1. The standard InChI is InChI=1S/C82H97N5O9/c1-80-28-11-17-53(80)16-10-18-60-72-54(22-24-70(94)95)71(58(44-86-80)74-76(72)75-61(87-60)42-65(91)78-77(75)73-57(43-85-79(73)74)59(81(78)29-8-9-30-81)34-45-12-4-3-5-13-45)52-26-32-82(68(93)38-52)31-25-50(56-41-64(90)66(96-2)37-49(56)21-23-67(82)92)36-62(88)63(89)40-55(51-27-33-84-69(83)39-51)48-20-19-46-14-6-7-15-47(46)35-48/h3-7,12-15,19-20,27,35,37,39,41,43,50,52-55,58-63,68,70-72,74-78,84-90,93-95H,8-9,11,17-18,21-24,26,28-30,32-34,36,38,40,42,44,83H2,1-2H3. The van der Waals surface area contributed by atoms with Gasteiger partial charge in [-0.05, 0) is 218 Å². The number of Topliss-reactive ketones (excluding diaryl/α,β-unsaturated/α-hetero) is 2. The van der Waals surface area contributed by atoms with Crippen molar-refractivity contribution in [1.29, 1.82) is 0 Å². The molecule has 5 saturated carbocycles. The Kier molecular flexibility index (Phi) is 16.8. The molecule has 5 aromatic rings. The number of fused-ring (bicyclic) bond motifs is 6. The van der Waals surface area contributed by atoms with Gasteiger partial charge in [0.15, 0.2) is 23.6 Å². The van der Waals surface area contributed by atoms with E-state index in [-0.39, 0.29) is 149 Å². The summed E-state index contributed by atoms with van der Waals surface area (Å²) < 4.78 is 5.67. The van der Waals surface area contributed by atoms with Crippen LogP contribution < -0.4 is 26.4 Å². The van der Waals surface area contributed by atoms with Crippen LogP contribution in [-0.2, 0) is 22.4 Å². The third-order valence-corrected chi connectivity index (χ3v) is 27.3. The lowest BCUT2D eigenvalue weighted by atomic mass is 9.37. The Balaban J connectivity index is 0.777. The van der Waals surface area contributed by atoms with Crippen molar-refractivity contribution < 1.29 is 45.0 Å². The number of aromatic amines is 1. The molecule has 4 aliphatic heterocycles.